The highest BCUT2D eigenvalue weighted by atomic mass is 79.9. The van der Waals surface area contributed by atoms with Gasteiger partial charge < -0.3 is 0 Å². The van der Waals surface area contributed by atoms with E-state index in [1.165, 1.54) is 95.6 Å². The van der Waals surface area contributed by atoms with Gasteiger partial charge in [-0.15, -0.1) is 0 Å². The molecule has 0 unspecified atom stereocenters. The van der Waals surface area contributed by atoms with Crippen LogP contribution in [-0.4, -0.2) is 24.2 Å². The Morgan fingerprint density at radius 3 is 0.456 bits per heavy atom. The first-order chi connectivity index (χ1) is 44.3. The van der Waals surface area contributed by atoms with Crippen LogP contribution < -0.4 is 62.2 Å². The first-order valence-electron chi connectivity index (χ1n) is 30.4. The average Bonchev–Trinajstić information content (AvgIpc) is 0.791. The van der Waals surface area contributed by atoms with E-state index < -0.39 is 24.2 Å². The molecule has 0 N–H and O–H groups in total. The molecule has 0 fully saturated rings. The van der Waals surface area contributed by atoms with Crippen molar-refractivity contribution in [3.05, 3.63) is 396 Å². The molecule has 14 aromatic carbocycles. The van der Waals surface area contributed by atoms with Crippen molar-refractivity contribution in [2.75, 3.05) is 0 Å². The third-order valence-electron chi connectivity index (χ3n) is 17.5. The van der Waals surface area contributed by atoms with E-state index in [4.69, 9.17) is 0 Å². The standard InChI is InChI=1S/C78H60Si3.C6H3Br3/c1-10-34-67(35-11-1)79(68-36-12-2-13-37-68,69-38-14-3-15-39-69)76-52-28-31-61(58-76)64-55-65(62-32-29-53-77(59-62)80(70-40-16-4-17-41-70,71-42-18-5-19-43-71)72-44-20-6-21-45-72)57-66(56-64)63-33-30-54-78(60-63)81(73-46-22-7-23-47-73,74-48-24-8-25-49-74)75-50-26-9-27-51-75;7-4-1-5(8)3-6(9)2-4/h1-60H;1-3H. The van der Waals surface area contributed by atoms with Gasteiger partial charge in [0.1, 0.15) is 0 Å². The number of rotatable bonds is 15. The molecule has 0 heterocycles. The Kier molecular flexibility index (Phi) is 18.4. The van der Waals surface area contributed by atoms with Gasteiger partial charge in [0.2, 0.25) is 0 Å². The summed E-state index contributed by atoms with van der Waals surface area (Å²) in [5.74, 6) is 0. The van der Waals surface area contributed by atoms with E-state index in [1.54, 1.807) is 0 Å². The largest absolute Gasteiger partial charge is 0.179 e. The zero-order chi connectivity index (χ0) is 61.2. The van der Waals surface area contributed by atoms with Gasteiger partial charge in [0.15, 0.2) is 24.2 Å². The first kappa shape index (κ1) is 60.1. The van der Waals surface area contributed by atoms with E-state index >= 15 is 0 Å². The highest BCUT2D eigenvalue weighted by Crippen LogP contribution is 2.34. The average molecular weight is 1400 g/mol. The van der Waals surface area contributed by atoms with Crippen molar-refractivity contribution < 1.29 is 0 Å². The minimum atomic E-state index is -2.86. The molecule has 0 bridgehead atoms. The number of benzene rings is 14. The summed E-state index contributed by atoms with van der Waals surface area (Å²) in [6.07, 6.45) is 0. The second kappa shape index (κ2) is 27.5. The van der Waals surface area contributed by atoms with Gasteiger partial charge in [-0.05, 0) is 132 Å². The molecule has 6 heteroatoms. The fraction of sp³-hybridized carbons (Fsp3) is 0. The van der Waals surface area contributed by atoms with Crippen LogP contribution in [0.15, 0.2) is 396 Å². The van der Waals surface area contributed by atoms with Crippen LogP contribution in [-0.2, 0) is 0 Å². The molecule has 0 nitrogen and oxygen atoms in total. The normalized spacial score (nSPS) is 11.5. The lowest BCUT2D eigenvalue weighted by atomic mass is 9.93. The Morgan fingerprint density at radius 2 is 0.289 bits per heavy atom. The van der Waals surface area contributed by atoms with Gasteiger partial charge in [-0.1, -0.05) is 394 Å². The van der Waals surface area contributed by atoms with Crippen molar-refractivity contribution in [1.82, 2.24) is 0 Å². The lowest BCUT2D eigenvalue weighted by molar-refractivity contribution is 1.56. The SMILES string of the molecule is Brc1cc(Br)cc(Br)c1.c1ccc([Si](c2ccccc2)(c2ccccc2)c2cccc(-c3cc(-c4cccc([Si](c5ccccc5)(c5ccccc5)c5ccccc5)c4)cc(-c4cccc([Si](c5ccccc5)(c5ccccc5)c5ccccc5)c4)c3)c2)cc1. The Labute approximate surface area is 558 Å². The van der Waals surface area contributed by atoms with Crippen LogP contribution in [0.1, 0.15) is 0 Å². The fourth-order valence-corrected chi connectivity index (χ4v) is 30.4. The van der Waals surface area contributed by atoms with Gasteiger partial charge >= 0.3 is 0 Å². The highest BCUT2D eigenvalue weighted by molar-refractivity contribution is 9.11. The van der Waals surface area contributed by atoms with E-state index in [0.717, 1.165) is 13.4 Å². The summed E-state index contributed by atoms with van der Waals surface area (Å²) >= 11 is 10.1. The van der Waals surface area contributed by atoms with E-state index in [2.05, 4.69) is 412 Å². The van der Waals surface area contributed by atoms with E-state index in [9.17, 15) is 0 Å². The second-order valence-corrected chi connectivity index (χ2v) is 36.8. The van der Waals surface area contributed by atoms with Crippen LogP contribution in [0.3, 0.4) is 0 Å². The molecule has 0 aliphatic heterocycles. The zero-order valence-corrected chi connectivity index (χ0v) is 57.3. The molecule has 0 saturated heterocycles. The monoisotopic (exact) mass is 1390 g/mol. The van der Waals surface area contributed by atoms with Crippen molar-refractivity contribution in [1.29, 1.82) is 0 Å². The molecule has 14 aromatic rings. The van der Waals surface area contributed by atoms with Gasteiger partial charge in [-0.25, -0.2) is 0 Å². The summed E-state index contributed by atoms with van der Waals surface area (Å²) < 4.78 is 3.22. The molecule has 0 radical (unpaired) electrons. The molecule has 0 aromatic heterocycles. The minimum Gasteiger partial charge on any atom is -0.0623 e. The third kappa shape index (κ3) is 12.0. The molecule has 90 heavy (non-hydrogen) atoms. The third-order valence-corrected chi connectivity index (χ3v) is 33.2. The summed E-state index contributed by atoms with van der Waals surface area (Å²) in [5, 5.41) is 16.2. The van der Waals surface area contributed by atoms with E-state index in [0.29, 0.717) is 0 Å². The van der Waals surface area contributed by atoms with Crippen LogP contribution in [0.2, 0.25) is 0 Å². The van der Waals surface area contributed by atoms with Gasteiger partial charge in [0, 0.05) is 13.4 Å². The van der Waals surface area contributed by atoms with Crippen molar-refractivity contribution >= 4 is 134 Å². The van der Waals surface area contributed by atoms with Gasteiger partial charge in [-0.2, -0.15) is 0 Å². The highest BCUT2D eigenvalue weighted by Gasteiger charge is 2.44. The summed E-state index contributed by atoms with van der Waals surface area (Å²) in [6, 6.07) is 143. The molecule has 14 rings (SSSR count). The molecule has 0 atom stereocenters. The van der Waals surface area contributed by atoms with Gasteiger partial charge in [-0.3, -0.25) is 0 Å². The Hall–Kier alpha value is -8.83. The van der Waals surface area contributed by atoms with Gasteiger partial charge in [0.25, 0.3) is 0 Å². The maximum atomic E-state index is 3.35. The lowest BCUT2D eigenvalue weighted by Gasteiger charge is -2.35. The molecular formula is C84H63Br3Si3. The number of halogens is 3. The Bertz CT molecular complexity index is 3870. The number of hydrogen-bond donors (Lipinski definition) is 0. The van der Waals surface area contributed by atoms with Crippen LogP contribution in [0, 0.1) is 0 Å². The van der Waals surface area contributed by atoms with Crippen molar-refractivity contribution in [3.8, 4) is 33.4 Å². The maximum absolute atomic E-state index is 3.35. The summed E-state index contributed by atoms with van der Waals surface area (Å²) in [7, 11) is -8.58. The van der Waals surface area contributed by atoms with Crippen molar-refractivity contribution in [2.24, 2.45) is 0 Å². The van der Waals surface area contributed by atoms with Crippen LogP contribution in [0.25, 0.3) is 33.4 Å². The van der Waals surface area contributed by atoms with Crippen LogP contribution >= 0.6 is 47.8 Å². The molecule has 0 aliphatic carbocycles. The number of hydrogen-bond acceptors (Lipinski definition) is 0. The molecule has 432 valence electrons. The van der Waals surface area contributed by atoms with Crippen LogP contribution in [0.5, 0.6) is 0 Å². The Balaban J connectivity index is 0.000000761. The minimum absolute atomic E-state index is 1.07. The molecule has 0 amide bonds. The predicted octanol–water partition coefficient (Wildman–Crippen LogP) is 14.8. The first-order valence-corrected chi connectivity index (χ1v) is 38.8. The molecule has 0 spiro atoms. The van der Waals surface area contributed by atoms with E-state index in [-0.39, 0.29) is 0 Å². The van der Waals surface area contributed by atoms with Crippen molar-refractivity contribution in [3.63, 3.8) is 0 Å². The maximum Gasteiger partial charge on any atom is 0.179 e. The molecular weight excluding hydrogens is 1330 g/mol. The van der Waals surface area contributed by atoms with E-state index in [1.807, 2.05) is 18.2 Å². The lowest BCUT2D eigenvalue weighted by Crippen LogP contribution is -2.74. The summed E-state index contributed by atoms with van der Waals surface area (Å²) in [4.78, 5) is 0. The summed E-state index contributed by atoms with van der Waals surface area (Å²) in [6.45, 7) is 0. The van der Waals surface area contributed by atoms with Gasteiger partial charge in [0.05, 0.1) is 0 Å². The predicted molar refractivity (Wildman–Crippen MR) is 403 cm³/mol. The molecule has 0 saturated carbocycles. The smallest absolute Gasteiger partial charge is 0.0623 e. The zero-order valence-electron chi connectivity index (χ0n) is 49.5. The fourth-order valence-electron chi connectivity index (χ4n) is 13.6. The van der Waals surface area contributed by atoms with Crippen LogP contribution in [0.4, 0.5) is 0 Å². The summed E-state index contributed by atoms with van der Waals surface area (Å²) in [5.41, 5.74) is 7.08. The topological polar surface area (TPSA) is 0 Å². The second-order valence-electron chi connectivity index (χ2n) is 22.7. The Morgan fingerprint density at radius 1 is 0.133 bits per heavy atom. The van der Waals surface area contributed by atoms with Crippen molar-refractivity contribution in [2.45, 2.75) is 0 Å². The quantitative estimate of drug-likeness (QED) is 0.0709. The molecule has 0 aliphatic rings.